The Kier molecular flexibility index (Phi) is 4.68. The summed E-state index contributed by atoms with van der Waals surface area (Å²) < 4.78 is 0. The van der Waals surface area contributed by atoms with E-state index in [2.05, 4.69) is 10.3 Å². The zero-order valence-corrected chi connectivity index (χ0v) is 10.1. The number of anilines is 2. The van der Waals surface area contributed by atoms with Crippen LogP contribution in [0.15, 0.2) is 6.07 Å². The van der Waals surface area contributed by atoms with Crippen LogP contribution in [0.5, 0.6) is 0 Å². The van der Waals surface area contributed by atoms with Crippen molar-refractivity contribution in [2.24, 2.45) is 0 Å². The molecule has 2 atom stereocenters. The summed E-state index contributed by atoms with van der Waals surface area (Å²) in [7, 11) is 1.78. The summed E-state index contributed by atoms with van der Waals surface area (Å²) in [6.07, 6.45) is -1.41. The Morgan fingerprint density at radius 2 is 2.06 bits per heavy atom. The van der Waals surface area contributed by atoms with Crippen molar-refractivity contribution in [2.45, 2.75) is 25.6 Å². The van der Waals surface area contributed by atoms with Gasteiger partial charge in [0.1, 0.15) is 11.9 Å². The molecule has 6 nitrogen and oxygen atoms in total. The summed E-state index contributed by atoms with van der Waals surface area (Å²) >= 11 is 0. The minimum atomic E-state index is -1.00. The normalized spacial score (nSPS) is 14.6. The molecule has 0 saturated heterocycles. The summed E-state index contributed by atoms with van der Waals surface area (Å²) in [4.78, 5) is 4.02. The Morgan fingerprint density at radius 1 is 1.41 bits per heavy atom. The van der Waals surface area contributed by atoms with Crippen LogP contribution in [0.4, 0.5) is 11.5 Å². The first-order chi connectivity index (χ1) is 7.97. The van der Waals surface area contributed by atoms with Gasteiger partial charge in [-0.25, -0.2) is 4.98 Å². The predicted octanol–water partition coefficient (Wildman–Crippen LogP) is -0.442. The van der Waals surface area contributed by atoms with Gasteiger partial charge in [0.05, 0.1) is 11.8 Å². The second-order valence-electron chi connectivity index (χ2n) is 4.04. The molecule has 1 aromatic rings. The zero-order chi connectivity index (χ0) is 13.0. The van der Waals surface area contributed by atoms with Crippen LogP contribution >= 0.6 is 0 Å². The molecule has 0 aliphatic heterocycles. The van der Waals surface area contributed by atoms with Crippen LogP contribution in [0.3, 0.4) is 0 Å². The van der Waals surface area contributed by atoms with E-state index in [-0.39, 0.29) is 5.82 Å². The Labute approximate surface area is 101 Å². The van der Waals surface area contributed by atoms with Gasteiger partial charge < -0.3 is 27.0 Å². The number of nitrogens with one attached hydrogen (secondary N) is 1. The van der Waals surface area contributed by atoms with Crippen molar-refractivity contribution in [3.63, 3.8) is 0 Å². The number of aromatic nitrogens is 1. The summed E-state index contributed by atoms with van der Waals surface area (Å²) in [6.45, 7) is 2.34. The minimum absolute atomic E-state index is 0.239. The van der Waals surface area contributed by atoms with Gasteiger partial charge in [-0.05, 0) is 33.0 Å². The number of aliphatic hydroxyl groups excluding tert-OH is 2. The molecular weight excluding hydrogens is 220 g/mol. The van der Waals surface area contributed by atoms with E-state index in [0.717, 1.165) is 0 Å². The third-order valence-corrected chi connectivity index (χ3v) is 2.69. The molecule has 17 heavy (non-hydrogen) atoms. The van der Waals surface area contributed by atoms with Crippen LogP contribution in [0.25, 0.3) is 0 Å². The number of hydrogen-bond donors (Lipinski definition) is 5. The maximum absolute atomic E-state index is 10.00. The van der Waals surface area contributed by atoms with Gasteiger partial charge in [0.2, 0.25) is 0 Å². The first kappa shape index (κ1) is 13.7. The molecule has 0 amide bonds. The van der Waals surface area contributed by atoms with E-state index in [1.807, 2.05) is 0 Å². The van der Waals surface area contributed by atoms with Gasteiger partial charge in [-0.15, -0.1) is 0 Å². The molecule has 96 valence electrons. The lowest BCUT2D eigenvalue weighted by Crippen LogP contribution is -2.24. The van der Waals surface area contributed by atoms with Crippen LogP contribution in [-0.2, 0) is 0 Å². The fraction of sp³-hybridized carbons (Fsp3) is 0.545. The Hall–Kier alpha value is -1.37. The molecule has 0 fully saturated rings. The summed E-state index contributed by atoms with van der Waals surface area (Å²) in [5.74, 6) is 0.239. The van der Waals surface area contributed by atoms with Gasteiger partial charge in [0.25, 0.3) is 0 Å². The molecule has 0 radical (unpaired) electrons. The number of nitrogen functional groups attached to an aromatic ring is 2. The van der Waals surface area contributed by atoms with Crippen LogP contribution in [0.2, 0.25) is 0 Å². The lowest BCUT2D eigenvalue weighted by Gasteiger charge is -2.20. The van der Waals surface area contributed by atoms with Crippen molar-refractivity contribution in [3.8, 4) is 0 Å². The van der Waals surface area contributed by atoms with Crippen molar-refractivity contribution in [3.05, 3.63) is 17.3 Å². The maximum Gasteiger partial charge on any atom is 0.146 e. The lowest BCUT2D eigenvalue weighted by atomic mass is 10.0. The smallest absolute Gasteiger partial charge is 0.146 e. The fourth-order valence-electron chi connectivity index (χ4n) is 1.61. The third-order valence-electron chi connectivity index (χ3n) is 2.69. The molecule has 0 spiro atoms. The average Bonchev–Trinajstić information content (AvgIpc) is 2.29. The van der Waals surface area contributed by atoms with Crippen molar-refractivity contribution >= 4 is 11.5 Å². The predicted molar refractivity (Wildman–Crippen MR) is 67.3 cm³/mol. The van der Waals surface area contributed by atoms with Crippen LogP contribution in [0, 0.1) is 6.92 Å². The first-order valence-electron chi connectivity index (χ1n) is 5.50. The largest absolute Gasteiger partial charge is 0.396 e. The Balaban J connectivity index is 2.88. The van der Waals surface area contributed by atoms with Gasteiger partial charge in [-0.3, -0.25) is 0 Å². The highest BCUT2D eigenvalue weighted by Gasteiger charge is 2.21. The molecule has 6 heteroatoms. The molecule has 1 rings (SSSR count). The fourth-order valence-corrected chi connectivity index (χ4v) is 1.61. The SMILES string of the molecule is CNCCC(O)C(O)c1cc(N)c(N)nc1C. The number of pyridine rings is 1. The number of aliphatic hydroxyl groups is 2. The molecule has 1 aromatic heterocycles. The first-order valence-corrected chi connectivity index (χ1v) is 5.50. The third kappa shape index (κ3) is 3.29. The van der Waals surface area contributed by atoms with Gasteiger partial charge in [-0.2, -0.15) is 0 Å². The quantitative estimate of drug-likeness (QED) is 0.476. The monoisotopic (exact) mass is 240 g/mol. The van der Waals surface area contributed by atoms with Gasteiger partial charge in [0, 0.05) is 11.3 Å². The molecule has 0 aromatic carbocycles. The Bertz CT molecular complexity index is 384. The van der Waals surface area contributed by atoms with Crippen LogP contribution < -0.4 is 16.8 Å². The number of hydrogen-bond acceptors (Lipinski definition) is 6. The van der Waals surface area contributed by atoms with E-state index < -0.39 is 12.2 Å². The van der Waals surface area contributed by atoms with Crippen molar-refractivity contribution in [1.29, 1.82) is 0 Å². The summed E-state index contributed by atoms with van der Waals surface area (Å²) in [5.41, 5.74) is 12.6. The molecular formula is C11H20N4O2. The summed E-state index contributed by atoms with van der Waals surface area (Å²) in [6, 6.07) is 1.56. The average molecular weight is 240 g/mol. The zero-order valence-electron chi connectivity index (χ0n) is 10.1. The Morgan fingerprint density at radius 3 is 2.65 bits per heavy atom. The van der Waals surface area contributed by atoms with E-state index >= 15 is 0 Å². The van der Waals surface area contributed by atoms with Crippen LogP contribution in [-0.4, -0.2) is 34.9 Å². The maximum atomic E-state index is 10.00. The lowest BCUT2D eigenvalue weighted by molar-refractivity contribution is 0.0135. The van der Waals surface area contributed by atoms with E-state index in [9.17, 15) is 10.2 Å². The van der Waals surface area contributed by atoms with Crippen molar-refractivity contribution < 1.29 is 10.2 Å². The molecule has 0 bridgehead atoms. The van der Waals surface area contributed by atoms with E-state index in [1.54, 1.807) is 20.0 Å². The summed E-state index contributed by atoms with van der Waals surface area (Å²) in [5, 5.41) is 22.7. The molecule has 2 unspecified atom stereocenters. The number of rotatable bonds is 5. The highest BCUT2D eigenvalue weighted by atomic mass is 16.3. The number of nitrogens with two attached hydrogens (primary N) is 2. The van der Waals surface area contributed by atoms with E-state index in [4.69, 9.17) is 11.5 Å². The van der Waals surface area contributed by atoms with Crippen LogP contribution in [0.1, 0.15) is 23.8 Å². The molecule has 0 saturated carbocycles. The second kappa shape index (κ2) is 5.81. The molecule has 7 N–H and O–H groups in total. The molecule has 1 heterocycles. The number of aryl methyl sites for hydroxylation is 1. The van der Waals surface area contributed by atoms with E-state index in [1.165, 1.54) is 0 Å². The van der Waals surface area contributed by atoms with Gasteiger partial charge in [-0.1, -0.05) is 0 Å². The van der Waals surface area contributed by atoms with Gasteiger partial charge >= 0.3 is 0 Å². The standard InChI is InChI=1S/C11H20N4O2/c1-6-7(5-8(12)11(13)15-6)10(17)9(16)3-4-14-2/h5,9-10,14,16-17H,3-4,12H2,1-2H3,(H2,13,15). The molecule has 0 aliphatic rings. The van der Waals surface area contributed by atoms with E-state index in [0.29, 0.717) is 29.9 Å². The topological polar surface area (TPSA) is 117 Å². The second-order valence-corrected chi connectivity index (χ2v) is 4.04. The highest BCUT2D eigenvalue weighted by Crippen LogP contribution is 2.25. The van der Waals surface area contributed by atoms with Crippen molar-refractivity contribution in [1.82, 2.24) is 10.3 Å². The van der Waals surface area contributed by atoms with Crippen molar-refractivity contribution in [2.75, 3.05) is 25.1 Å². The molecule has 0 aliphatic carbocycles. The minimum Gasteiger partial charge on any atom is -0.396 e. The highest BCUT2D eigenvalue weighted by molar-refractivity contribution is 5.60. The van der Waals surface area contributed by atoms with Gasteiger partial charge in [0.15, 0.2) is 0 Å². The number of nitrogens with zero attached hydrogens (tertiary/aromatic N) is 1.